The smallest absolute Gasteiger partial charge is 0.234 e. The molecule has 2 nitrogen and oxygen atoms in total. The van der Waals surface area contributed by atoms with Crippen molar-refractivity contribution in [3.05, 3.63) is 22.4 Å². The Bertz CT molecular complexity index is 298. The van der Waals surface area contributed by atoms with Gasteiger partial charge in [-0.2, -0.15) is 0 Å². The Morgan fingerprint density at radius 2 is 2.33 bits per heavy atom. The minimum atomic E-state index is -0.0826. The van der Waals surface area contributed by atoms with E-state index in [1.807, 2.05) is 19.9 Å². The molecule has 1 amide bonds. The first-order valence-electron chi connectivity index (χ1n) is 5.05. The summed E-state index contributed by atoms with van der Waals surface area (Å²) in [6, 6.07) is 4.12. The first kappa shape index (κ1) is 12.7. The van der Waals surface area contributed by atoms with Crippen LogP contribution in [0.1, 0.15) is 18.7 Å². The molecule has 0 saturated heterocycles. The number of hydrogen-bond acceptors (Lipinski definition) is 2. The van der Waals surface area contributed by atoms with Crippen molar-refractivity contribution >= 4 is 33.2 Å². The second-order valence-corrected chi connectivity index (χ2v) is 5.78. The third-order valence-electron chi connectivity index (χ3n) is 2.09. The topological polar surface area (TPSA) is 29.1 Å². The number of halogens is 1. The highest BCUT2D eigenvalue weighted by Gasteiger charge is 2.17. The Labute approximate surface area is 103 Å². The second-order valence-electron chi connectivity index (χ2n) is 3.77. The zero-order valence-corrected chi connectivity index (χ0v) is 11.4. The summed E-state index contributed by atoms with van der Waals surface area (Å²) in [6.07, 6.45) is 0.918. The van der Waals surface area contributed by atoms with Crippen LogP contribution in [0.5, 0.6) is 0 Å². The number of hydrogen-bond donors (Lipinski definition) is 1. The lowest BCUT2D eigenvalue weighted by Crippen LogP contribution is -2.35. The van der Waals surface area contributed by atoms with Gasteiger partial charge in [0.25, 0.3) is 0 Å². The van der Waals surface area contributed by atoms with Crippen LogP contribution in [0, 0.1) is 5.92 Å². The molecule has 84 valence electrons. The summed E-state index contributed by atoms with van der Waals surface area (Å²) in [5.41, 5.74) is 0. The molecule has 15 heavy (non-hydrogen) atoms. The van der Waals surface area contributed by atoms with Crippen molar-refractivity contribution in [2.75, 3.05) is 6.54 Å². The third-order valence-corrected chi connectivity index (χ3v) is 4.50. The normalized spacial score (nSPS) is 12.8. The predicted octanol–water partition coefficient (Wildman–Crippen LogP) is 2.83. The lowest BCUT2D eigenvalue weighted by atomic mass is 10.1. The molecule has 1 heterocycles. The van der Waals surface area contributed by atoms with Crippen LogP contribution in [-0.2, 0) is 11.2 Å². The molecular formula is C11H16BrNOS. The van der Waals surface area contributed by atoms with Gasteiger partial charge in [0, 0.05) is 11.4 Å². The van der Waals surface area contributed by atoms with Crippen LogP contribution in [0.2, 0.25) is 0 Å². The molecule has 0 aromatic carbocycles. The van der Waals surface area contributed by atoms with Crippen molar-refractivity contribution in [1.29, 1.82) is 0 Å². The van der Waals surface area contributed by atoms with Gasteiger partial charge in [0.05, 0.1) is 4.83 Å². The highest BCUT2D eigenvalue weighted by Crippen LogP contribution is 2.12. The van der Waals surface area contributed by atoms with Crippen molar-refractivity contribution in [2.24, 2.45) is 5.92 Å². The van der Waals surface area contributed by atoms with E-state index < -0.39 is 0 Å². The number of carbonyl (C=O) groups excluding carboxylic acids is 1. The van der Waals surface area contributed by atoms with Gasteiger partial charge in [-0.3, -0.25) is 4.79 Å². The Morgan fingerprint density at radius 1 is 1.60 bits per heavy atom. The number of carbonyl (C=O) groups is 1. The largest absolute Gasteiger partial charge is 0.355 e. The Balaban J connectivity index is 2.23. The van der Waals surface area contributed by atoms with Gasteiger partial charge in [0.15, 0.2) is 0 Å². The Morgan fingerprint density at radius 3 is 2.87 bits per heavy atom. The summed E-state index contributed by atoms with van der Waals surface area (Å²) < 4.78 is 0. The van der Waals surface area contributed by atoms with Crippen molar-refractivity contribution in [3.63, 3.8) is 0 Å². The van der Waals surface area contributed by atoms with Gasteiger partial charge < -0.3 is 5.32 Å². The fraction of sp³-hybridized carbons (Fsp3) is 0.545. The summed E-state index contributed by atoms with van der Waals surface area (Å²) in [5, 5.41) is 4.98. The van der Waals surface area contributed by atoms with Crippen LogP contribution in [0.3, 0.4) is 0 Å². The molecule has 0 aliphatic rings. The molecule has 0 radical (unpaired) electrons. The van der Waals surface area contributed by atoms with E-state index in [1.165, 1.54) is 4.88 Å². The van der Waals surface area contributed by atoms with Gasteiger partial charge in [0.2, 0.25) is 5.91 Å². The fourth-order valence-corrected chi connectivity index (χ4v) is 2.03. The van der Waals surface area contributed by atoms with Gasteiger partial charge in [-0.05, 0) is 23.8 Å². The van der Waals surface area contributed by atoms with Crippen molar-refractivity contribution < 1.29 is 4.79 Å². The van der Waals surface area contributed by atoms with Crippen LogP contribution in [0.15, 0.2) is 17.5 Å². The maximum atomic E-state index is 11.6. The molecule has 1 aromatic heterocycles. The van der Waals surface area contributed by atoms with Crippen LogP contribution < -0.4 is 5.32 Å². The summed E-state index contributed by atoms with van der Waals surface area (Å²) in [6.45, 7) is 4.77. The summed E-state index contributed by atoms with van der Waals surface area (Å²) in [4.78, 5) is 12.8. The first-order valence-corrected chi connectivity index (χ1v) is 6.85. The molecular weight excluding hydrogens is 274 g/mol. The molecule has 0 aliphatic carbocycles. The Kier molecular flexibility index (Phi) is 5.32. The number of nitrogens with one attached hydrogen (secondary N) is 1. The van der Waals surface area contributed by atoms with E-state index in [1.54, 1.807) is 11.3 Å². The minimum absolute atomic E-state index is 0.0826. The molecule has 1 aromatic rings. The van der Waals surface area contributed by atoms with Crippen molar-refractivity contribution in [1.82, 2.24) is 5.32 Å². The van der Waals surface area contributed by atoms with Crippen LogP contribution in [-0.4, -0.2) is 17.3 Å². The lowest BCUT2D eigenvalue weighted by molar-refractivity contribution is -0.121. The summed E-state index contributed by atoms with van der Waals surface area (Å²) in [5.74, 6) is 0.410. The number of thiophene rings is 1. The molecule has 1 N–H and O–H groups in total. The minimum Gasteiger partial charge on any atom is -0.355 e. The molecule has 1 atom stereocenters. The van der Waals surface area contributed by atoms with E-state index in [0.29, 0.717) is 12.5 Å². The lowest BCUT2D eigenvalue weighted by Gasteiger charge is -2.13. The van der Waals surface area contributed by atoms with Crippen LogP contribution >= 0.6 is 27.3 Å². The van der Waals surface area contributed by atoms with Gasteiger partial charge in [0.1, 0.15) is 0 Å². The summed E-state index contributed by atoms with van der Waals surface area (Å²) in [7, 11) is 0. The monoisotopic (exact) mass is 289 g/mol. The first-order chi connectivity index (χ1) is 7.11. The quantitative estimate of drug-likeness (QED) is 0.830. The second kappa shape index (κ2) is 6.28. The van der Waals surface area contributed by atoms with Gasteiger partial charge in [-0.1, -0.05) is 35.8 Å². The molecule has 1 unspecified atom stereocenters. The molecule has 0 aliphatic heterocycles. The van der Waals surface area contributed by atoms with E-state index in [2.05, 4.69) is 32.7 Å². The zero-order valence-electron chi connectivity index (χ0n) is 9.00. The Hall–Kier alpha value is -0.350. The van der Waals surface area contributed by atoms with Crippen molar-refractivity contribution in [3.8, 4) is 0 Å². The van der Waals surface area contributed by atoms with Crippen LogP contribution in [0.4, 0.5) is 0 Å². The highest BCUT2D eigenvalue weighted by molar-refractivity contribution is 9.10. The maximum Gasteiger partial charge on any atom is 0.234 e. The molecule has 4 heteroatoms. The number of amides is 1. The van der Waals surface area contributed by atoms with Crippen LogP contribution in [0.25, 0.3) is 0 Å². The van der Waals surface area contributed by atoms with E-state index >= 15 is 0 Å². The molecule has 0 spiro atoms. The van der Waals surface area contributed by atoms with E-state index in [-0.39, 0.29) is 10.7 Å². The average Bonchev–Trinajstić information content (AvgIpc) is 2.69. The molecule has 0 bridgehead atoms. The summed E-state index contributed by atoms with van der Waals surface area (Å²) >= 11 is 5.10. The highest BCUT2D eigenvalue weighted by atomic mass is 79.9. The maximum absolute atomic E-state index is 11.6. The number of rotatable bonds is 5. The predicted molar refractivity (Wildman–Crippen MR) is 68.6 cm³/mol. The molecule has 1 rings (SSSR count). The van der Waals surface area contributed by atoms with Crippen molar-refractivity contribution in [2.45, 2.75) is 25.1 Å². The zero-order chi connectivity index (χ0) is 11.3. The van der Waals surface area contributed by atoms with Gasteiger partial charge >= 0.3 is 0 Å². The molecule has 0 fully saturated rings. The van der Waals surface area contributed by atoms with Gasteiger partial charge in [-0.15, -0.1) is 11.3 Å². The fourth-order valence-electron chi connectivity index (χ4n) is 1.16. The number of alkyl halides is 1. The van der Waals surface area contributed by atoms with E-state index in [9.17, 15) is 4.79 Å². The SMILES string of the molecule is CC(C)C(Br)C(=O)NCCc1cccs1. The standard InChI is InChI=1S/C11H16BrNOS/c1-8(2)10(12)11(14)13-6-5-9-4-3-7-15-9/h3-4,7-8,10H,5-6H2,1-2H3,(H,13,14). The van der Waals surface area contributed by atoms with E-state index in [0.717, 1.165) is 6.42 Å². The average molecular weight is 290 g/mol. The third kappa shape index (κ3) is 4.34. The molecule has 0 saturated carbocycles. The van der Waals surface area contributed by atoms with E-state index in [4.69, 9.17) is 0 Å². The van der Waals surface area contributed by atoms with Gasteiger partial charge in [-0.25, -0.2) is 0 Å².